The monoisotopic (exact) mass is 417 g/mol. The first-order chi connectivity index (χ1) is 14.8. The molecule has 0 aliphatic carbocycles. The molecule has 0 aliphatic rings. The number of benzene rings is 3. The van der Waals surface area contributed by atoms with Crippen LogP contribution in [0, 0.1) is 0 Å². The van der Waals surface area contributed by atoms with Crippen molar-refractivity contribution < 1.29 is 19.4 Å². The van der Waals surface area contributed by atoms with E-state index < -0.39 is 5.97 Å². The number of esters is 1. The molecule has 0 spiro atoms. The van der Waals surface area contributed by atoms with Gasteiger partial charge in [-0.05, 0) is 41.8 Å². The van der Waals surface area contributed by atoms with Crippen LogP contribution < -0.4 is 9.47 Å². The Morgan fingerprint density at radius 1 is 0.935 bits per heavy atom. The summed E-state index contributed by atoms with van der Waals surface area (Å²) in [6.07, 6.45) is 0. The van der Waals surface area contributed by atoms with E-state index in [1.807, 2.05) is 26.8 Å². The van der Waals surface area contributed by atoms with E-state index in [1.54, 1.807) is 61.7 Å². The lowest BCUT2D eigenvalue weighted by atomic mass is 9.86. The van der Waals surface area contributed by atoms with Crippen molar-refractivity contribution in [1.29, 1.82) is 0 Å². The van der Waals surface area contributed by atoms with Crippen LogP contribution in [-0.2, 0) is 5.41 Å². The lowest BCUT2D eigenvalue weighted by Crippen LogP contribution is -2.13. The number of para-hydroxylation sites is 1. The summed E-state index contributed by atoms with van der Waals surface area (Å²) in [5, 5.41) is 19.8. The van der Waals surface area contributed by atoms with Crippen LogP contribution in [0.2, 0.25) is 0 Å². The van der Waals surface area contributed by atoms with Gasteiger partial charge in [0.2, 0.25) is 0 Å². The molecule has 1 heterocycles. The van der Waals surface area contributed by atoms with E-state index in [0.717, 1.165) is 5.56 Å². The maximum Gasteiger partial charge on any atom is 0.343 e. The molecule has 0 saturated carbocycles. The molecule has 158 valence electrons. The smallest absolute Gasteiger partial charge is 0.343 e. The third kappa shape index (κ3) is 4.07. The molecule has 0 amide bonds. The molecule has 31 heavy (non-hydrogen) atoms. The van der Waals surface area contributed by atoms with Gasteiger partial charge in [0.1, 0.15) is 34.0 Å². The Labute approximate surface area is 179 Å². The van der Waals surface area contributed by atoms with Gasteiger partial charge in [0.25, 0.3) is 0 Å². The predicted molar refractivity (Wildman–Crippen MR) is 117 cm³/mol. The van der Waals surface area contributed by atoms with Gasteiger partial charge in [-0.3, -0.25) is 0 Å². The fourth-order valence-electron chi connectivity index (χ4n) is 3.24. The van der Waals surface area contributed by atoms with Crippen molar-refractivity contribution in [2.24, 2.45) is 0 Å². The van der Waals surface area contributed by atoms with Gasteiger partial charge in [-0.2, -0.15) is 0 Å². The molecule has 0 atom stereocenters. The summed E-state index contributed by atoms with van der Waals surface area (Å²) in [5.41, 5.74) is 2.24. The van der Waals surface area contributed by atoms with Crippen LogP contribution in [0.25, 0.3) is 16.7 Å². The molecular formula is C24H23N3O4. The Morgan fingerprint density at radius 3 is 2.32 bits per heavy atom. The summed E-state index contributed by atoms with van der Waals surface area (Å²) in [6.45, 7) is 6.01. The van der Waals surface area contributed by atoms with E-state index in [0.29, 0.717) is 33.8 Å². The van der Waals surface area contributed by atoms with Crippen LogP contribution in [0.3, 0.4) is 0 Å². The third-order valence-electron chi connectivity index (χ3n) is 4.89. The Balaban J connectivity index is 1.73. The number of carbonyl (C=O) groups is 1. The van der Waals surface area contributed by atoms with Crippen molar-refractivity contribution in [1.82, 2.24) is 15.0 Å². The van der Waals surface area contributed by atoms with Crippen molar-refractivity contribution >= 4 is 17.0 Å². The molecule has 0 saturated heterocycles. The van der Waals surface area contributed by atoms with Gasteiger partial charge in [0, 0.05) is 11.6 Å². The summed E-state index contributed by atoms with van der Waals surface area (Å²) in [4.78, 5) is 13.8. The van der Waals surface area contributed by atoms with Crippen molar-refractivity contribution in [3.63, 3.8) is 0 Å². The first-order valence-electron chi connectivity index (χ1n) is 9.82. The number of phenols is 1. The molecule has 7 nitrogen and oxygen atoms in total. The van der Waals surface area contributed by atoms with Crippen molar-refractivity contribution in [3.05, 3.63) is 71.8 Å². The molecule has 0 fully saturated rings. The second-order valence-corrected chi connectivity index (χ2v) is 8.19. The van der Waals surface area contributed by atoms with E-state index in [2.05, 4.69) is 10.2 Å². The van der Waals surface area contributed by atoms with E-state index >= 15 is 0 Å². The second kappa shape index (κ2) is 7.75. The molecule has 4 aromatic rings. The van der Waals surface area contributed by atoms with Crippen molar-refractivity contribution in [2.45, 2.75) is 26.2 Å². The van der Waals surface area contributed by atoms with Crippen LogP contribution in [-0.4, -0.2) is 33.2 Å². The van der Waals surface area contributed by atoms with E-state index in [4.69, 9.17) is 9.47 Å². The lowest BCUT2D eigenvalue weighted by Gasteiger charge is -2.22. The highest BCUT2D eigenvalue weighted by molar-refractivity contribution is 5.94. The molecule has 7 heteroatoms. The number of methoxy groups -OCH3 is 1. The predicted octanol–water partition coefficient (Wildman–Crippen LogP) is 4.65. The van der Waals surface area contributed by atoms with Gasteiger partial charge in [-0.15, -0.1) is 15.0 Å². The average Bonchev–Trinajstić information content (AvgIpc) is 3.17. The first kappa shape index (κ1) is 20.4. The molecule has 0 aliphatic heterocycles. The van der Waals surface area contributed by atoms with E-state index in [-0.39, 0.29) is 11.2 Å². The normalized spacial score (nSPS) is 11.5. The molecule has 0 unspecified atom stereocenters. The van der Waals surface area contributed by atoms with Crippen LogP contribution >= 0.6 is 0 Å². The SMILES string of the molecule is COc1cc(-n2nc3ccc(C(=O)Oc4ccccc4)cc3n2)c(O)c(C(C)(C)C)c1. The molecular weight excluding hydrogens is 394 g/mol. The number of rotatable bonds is 4. The number of nitrogens with zero attached hydrogens (tertiary/aromatic N) is 3. The van der Waals surface area contributed by atoms with Gasteiger partial charge in [-0.1, -0.05) is 39.0 Å². The van der Waals surface area contributed by atoms with Crippen LogP contribution in [0.5, 0.6) is 17.2 Å². The Bertz CT molecular complexity index is 1260. The summed E-state index contributed by atoms with van der Waals surface area (Å²) >= 11 is 0. The van der Waals surface area contributed by atoms with E-state index in [9.17, 15) is 9.90 Å². The quantitative estimate of drug-likeness (QED) is 0.384. The third-order valence-corrected chi connectivity index (χ3v) is 4.89. The molecule has 0 bridgehead atoms. The highest BCUT2D eigenvalue weighted by atomic mass is 16.5. The molecule has 1 aromatic heterocycles. The number of hydrogen-bond donors (Lipinski definition) is 1. The molecule has 3 aromatic carbocycles. The van der Waals surface area contributed by atoms with Crippen LogP contribution in [0.4, 0.5) is 0 Å². The number of phenolic OH excluding ortho intramolecular Hbond substituents is 1. The summed E-state index contributed by atoms with van der Waals surface area (Å²) in [5.74, 6) is 0.651. The minimum atomic E-state index is -0.484. The largest absolute Gasteiger partial charge is 0.505 e. The number of fused-ring (bicyclic) bond motifs is 1. The molecule has 4 rings (SSSR count). The summed E-state index contributed by atoms with van der Waals surface area (Å²) in [6, 6.07) is 17.3. The number of aromatic nitrogens is 3. The second-order valence-electron chi connectivity index (χ2n) is 8.19. The molecule has 0 radical (unpaired) electrons. The standard InChI is InChI=1S/C24H23N3O4/c1-24(2,3)18-13-17(30-4)14-21(22(18)28)27-25-19-11-10-15(12-20(19)26-27)23(29)31-16-8-6-5-7-9-16/h5-14,28H,1-4H3. The Hall–Kier alpha value is -3.87. The number of aromatic hydroxyl groups is 1. The fraction of sp³-hybridized carbons (Fsp3) is 0.208. The van der Waals surface area contributed by atoms with E-state index in [1.165, 1.54) is 4.80 Å². The lowest BCUT2D eigenvalue weighted by molar-refractivity contribution is 0.0735. The van der Waals surface area contributed by atoms with Gasteiger partial charge >= 0.3 is 5.97 Å². The van der Waals surface area contributed by atoms with Crippen LogP contribution in [0.1, 0.15) is 36.7 Å². The highest BCUT2D eigenvalue weighted by Gasteiger charge is 2.24. The topological polar surface area (TPSA) is 86.5 Å². The van der Waals surface area contributed by atoms with Crippen LogP contribution in [0.15, 0.2) is 60.7 Å². The maximum atomic E-state index is 12.5. The van der Waals surface area contributed by atoms with Gasteiger partial charge in [0.05, 0.1) is 12.7 Å². The fourth-order valence-corrected chi connectivity index (χ4v) is 3.24. The Kier molecular flexibility index (Phi) is 5.10. The molecule has 1 N–H and O–H groups in total. The van der Waals surface area contributed by atoms with Crippen molar-refractivity contribution in [3.8, 4) is 22.9 Å². The minimum Gasteiger partial charge on any atom is -0.505 e. The van der Waals surface area contributed by atoms with Gasteiger partial charge in [0.15, 0.2) is 0 Å². The van der Waals surface area contributed by atoms with Gasteiger partial charge in [-0.25, -0.2) is 4.79 Å². The summed E-state index contributed by atoms with van der Waals surface area (Å²) in [7, 11) is 1.57. The summed E-state index contributed by atoms with van der Waals surface area (Å²) < 4.78 is 10.8. The number of ether oxygens (including phenoxy) is 2. The Morgan fingerprint density at radius 2 is 1.65 bits per heavy atom. The average molecular weight is 417 g/mol. The van der Waals surface area contributed by atoms with Crippen molar-refractivity contribution in [2.75, 3.05) is 7.11 Å². The zero-order valence-electron chi connectivity index (χ0n) is 17.8. The zero-order valence-corrected chi connectivity index (χ0v) is 17.8. The zero-order chi connectivity index (χ0) is 22.2. The first-order valence-corrected chi connectivity index (χ1v) is 9.82. The maximum absolute atomic E-state index is 12.5. The van der Waals surface area contributed by atoms with Gasteiger partial charge < -0.3 is 14.6 Å². The minimum absolute atomic E-state index is 0.0808. The highest BCUT2D eigenvalue weighted by Crippen LogP contribution is 2.38. The number of hydrogen-bond acceptors (Lipinski definition) is 6. The number of carbonyl (C=O) groups excluding carboxylic acids is 1.